The van der Waals surface area contributed by atoms with Crippen LogP contribution in [0.5, 0.6) is 0 Å². The molecule has 0 spiro atoms. The topological polar surface area (TPSA) is 73.6 Å². The van der Waals surface area contributed by atoms with Crippen LogP contribution in [0.3, 0.4) is 0 Å². The second kappa shape index (κ2) is 8.27. The van der Waals surface area contributed by atoms with Crippen molar-refractivity contribution in [2.75, 3.05) is 20.3 Å². The molecule has 3 atom stereocenters. The highest BCUT2D eigenvalue weighted by atomic mass is 16.5. The van der Waals surface area contributed by atoms with E-state index in [4.69, 9.17) is 15.2 Å². The van der Waals surface area contributed by atoms with E-state index in [1.165, 1.54) is 5.56 Å². The summed E-state index contributed by atoms with van der Waals surface area (Å²) in [6.45, 7) is 3.13. The highest BCUT2D eigenvalue weighted by molar-refractivity contribution is 5.76. The Balaban J connectivity index is 2.00. The monoisotopic (exact) mass is 306 g/mol. The van der Waals surface area contributed by atoms with Gasteiger partial charge in [-0.25, -0.2) is 0 Å². The molecule has 1 aromatic carbocycles. The summed E-state index contributed by atoms with van der Waals surface area (Å²) in [5, 5.41) is 3.08. The minimum absolute atomic E-state index is 0.000707. The number of ether oxygens (including phenoxy) is 2. The van der Waals surface area contributed by atoms with Crippen LogP contribution in [0.25, 0.3) is 0 Å². The highest BCUT2D eigenvalue weighted by Crippen LogP contribution is 2.28. The number of aryl methyl sites for hydroxylation is 1. The van der Waals surface area contributed by atoms with Crippen molar-refractivity contribution in [3.63, 3.8) is 0 Å². The summed E-state index contributed by atoms with van der Waals surface area (Å²) in [6, 6.07) is 8.28. The lowest BCUT2D eigenvalue weighted by Gasteiger charge is -2.33. The minimum atomic E-state index is -0.234. The van der Waals surface area contributed by atoms with Crippen molar-refractivity contribution in [1.29, 1.82) is 0 Å². The molecule has 1 saturated heterocycles. The third kappa shape index (κ3) is 4.53. The molecule has 1 aliphatic rings. The summed E-state index contributed by atoms with van der Waals surface area (Å²) < 4.78 is 11.1. The standard InChI is InChI=1S/C17H26N2O3/c1-12-5-7-13(8-6-12)17-15(4-3-9-22-17)19-16(20)10-14(11-18)21-2/h5-8,14-15,17H,3-4,9-11,18H2,1-2H3,(H,19,20)/t14-,15+,17+/m0/s1. The number of methoxy groups -OCH3 is 1. The van der Waals surface area contributed by atoms with E-state index in [1.54, 1.807) is 7.11 Å². The Bertz CT molecular complexity index is 471. The maximum atomic E-state index is 12.2. The molecule has 0 radical (unpaired) electrons. The quantitative estimate of drug-likeness (QED) is 0.839. The van der Waals surface area contributed by atoms with Gasteiger partial charge in [0.15, 0.2) is 0 Å². The molecule has 5 nitrogen and oxygen atoms in total. The smallest absolute Gasteiger partial charge is 0.222 e. The molecule has 1 amide bonds. The molecule has 0 saturated carbocycles. The van der Waals surface area contributed by atoms with E-state index in [-0.39, 0.29) is 30.6 Å². The maximum Gasteiger partial charge on any atom is 0.222 e. The third-order valence-corrected chi connectivity index (χ3v) is 4.08. The fourth-order valence-electron chi connectivity index (χ4n) is 2.75. The Morgan fingerprint density at radius 2 is 2.18 bits per heavy atom. The van der Waals surface area contributed by atoms with Crippen molar-refractivity contribution in [2.24, 2.45) is 5.73 Å². The average Bonchev–Trinajstić information content (AvgIpc) is 2.54. The van der Waals surface area contributed by atoms with Crippen molar-refractivity contribution < 1.29 is 14.3 Å². The van der Waals surface area contributed by atoms with Crippen LogP contribution in [0.1, 0.15) is 36.5 Å². The first-order chi connectivity index (χ1) is 10.6. The molecule has 3 N–H and O–H groups in total. The van der Waals surface area contributed by atoms with Crippen molar-refractivity contribution in [3.05, 3.63) is 35.4 Å². The zero-order valence-electron chi connectivity index (χ0n) is 13.4. The predicted molar refractivity (Wildman–Crippen MR) is 85.5 cm³/mol. The molecule has 0 aromatic heterocycles. The van der Waals surface area contributed by atoms with Crippen LogP contribution in [-0.2, 0) is 14.3 Å². The van der Waals surface area contributed by atoms with Crippen LogP contribution in [0.15, 0.2) is 24.3 Å². The number of nitrogens with one attached hydrogen (secondary N) is 1. The zero-order valence-corrected chi connectivity index (χ0v) is 13.4. The number of hydrogen-bond acceptors (Lipinski definition) is 4. The summed E-state index contributed by atoms with van der Waals surface area (Å²) in [5.41, 5.74) is 7.89. The maximum absolute atomic E-state index is 12.2. The predicted octanol–water partition coefficient (Wildman–Crippen LogP) is 1.70. The van der Waals surface area contributed by atoms with Crippen molar-refractivity contribution in [1.82, 2.24) is 5.32 Å². The Hall–Kier alpha value is -1.43. The highest BCUT2D eigenvalue weighted by Gasteiger charge is 2.29. The number of amides is 1. The molecule has 22 heavy (non-hydrogen) atoms. The Morgan fingerprint density at radius 3 is 2.82 bits per heavy atom. The molecule has 2 rings (SSSR count). The van der Waals surface area contributed by atoms with E-state index in [0.717, 1.165) is 25.0 Å². The van der Waals surface area contributed by atoms with E-state index >= 15 is 0 Å². The summed E-state index contributed by atoms with van der Waals surface area (Å²) in [5.74, 6) is -0.0371. The first kappa shape index (κ1) is 16.9. The third-order valence-electron chi connectivity index (χ3n) is 4.08. The van der Waals surface area contributed by atoms with Gasteiger partial charge in [0.2, 0.25) is 5.91 Å². The molecule has 0 unspecified atom stereocenters. The largest absolute Gasteiger partial charge is 0.380 e. The van der Waals surface area contributed by atoms with Gasteiger partial charge in [-0.15, -0.1) is 0 Å². The van der Waals surface area contributed by atoms with E-state index in [1.807, 2.05) is 0 Å². The van der Waals surface area contributed by atoms with Crippen molar-refractivity contribution >= 4 is 5.91 Å². The molecule has 0 bridgehead atoms. The van der Waals surface area contributed by atoms with Gasteiger partial charge in [-0.2, -0.15) is 0 Å². The summed E-state index contributed by atoms with van der Waals surface area (Å²) in [4.78, 5) is 12.2. The first-order valence-corrected chi connectivity index (χ1v) is 7.84. The van der Waals surface area contributed by atoms with Crippen LogP contribution >= 0.6 is 0 Å². The van der Waals surface area contributed by atoms with Crippen LogP contribution in [0, 0.1) is 6.92 Å². The molecule has 0 aliphatic carbocycles. The van der Waals surface area contributed by atoms with Gasteiger partial charge in [-0.3, -0.25) is 4.79 Å². The first-order valence-electron chi connectivity index (χ1n) is 7.84. The lowest BCUT2D eigenvalue weighted by Crippen LogP contribution is -2.44. The van der Waals surface area contributed by atoms with Crippen LogP contribution in [0.4, 0.5) is 0 Å². The van der Waals surface area contributed by atoms with Gasteiger partial charge >= 0.3 is 0 Å². The van der Waals surface area contributed by atoms with Gasteiger partial charge < -0.3 is 20.5 Å². The number of carbonyl (C=O) groups is 1. The van der Waals surface area contributed by atoms with Gasteiger partial charge in [0.05, 0.1) is 18.6 Å². The zero-order chi connectivity index (χ0) is 15.9. The second-order valence-corrected chi connectivity index (χ2v) is 5.82. The molecular weight excluding hydrogens is 280 g/mol. The Labute approximate surface area is 132 Å². The summed E-state index contributed by atoms with van der Waals surface area (Å²) >= 11 is 0. The second-order valence-electron chi connectivity index (χ2n) is 5.82. The SMILES string of the molecule is CO[C@H](CN)CC(=O)N[C@@H]1CCCO[C@@H]1c1ccc(C)cc1. The summed E-state index contributed by atoms with van der Waals surface area (Å²) in [6.07, 6.45) is 1.84. The number of carbonyl (C=O) groups excluding carboxylic acids is 1. The molecule has 1 heterocycles. The molecule has 5 heteroatoms. The van der Waals surface area contributed by atoms with Gasteiger partial charge in [0, 0.05) is 20.3 Å². The minimum Gasteiger partial charge on any atom is -0.380 e. The lowest BCUT2D eigenvalue weighted by atomic mass is 9.95. The Morgan fingerprint density at radius 1 is 1.45 bits per heavy atom. The summed E-state index contributed by atoms with van der Waals surface area (Å²) in [7, 11) is 1.57. The van der Waals surface area contributed by atoms with Crippen molar-refractivity contribution in [2.45, 2.75) is 44.4 Å². The fourth-order valence-corrected chi connectivity index (χ4v) is 2.75. The number of hydrogen-bond donors (Lipinski definition) is 2. The van der Waals surface area contributed by atoms with E-state index in [2.05, 4.69) is 36.5 Å². The average molecular weight is 306 g/mol. The van der Waals surface area contributed by atoms with Crippen LogP contribution in [0.2, 0.25) is 0 Å². The number of nitrogens with two attached hydrogens (primary N) is 1. The normalized spacial score (nSPS) is 23.0. The molecular formula is C17H26N2O3. The lowest BCUT2D eigenvalue weighted by molar-refractivity contribution is -0.126. The molecule has 1 fully saturated rings. The molecule has 122 valence electrons. The van der Waals surface area contributed by atoms with Crippen LogP contribution in [-0.4, -0.2) is 38.3 Å². The number of benzene rings is 1. The number of rotatable bonds is 6. The van der Waals surface area contributed by atoms with Crippen LogP contribution < -0.4 is 11.1 Å². The van der Waals surface area contributed by atoms with E-state index in [0.29, 0.717) is 6.54 Å². The fraction of sp³-hybridized carbons (Fsp3) is 0.588. The molecule has 1 aromatic rings. The van der Waals surface area contributed by atoms with Gasteiger partial charge in [0.25, 0.3) is 0 Å². The van der Waals surface area contributed by atoms with E-state index < -0.39 is 0 Å². The van der Waals surface area contributed by atoms with Gasteiger partial charge in [-0.1, -0.05) is 29.8 Å². The van der Waals surface area contributed by atoms with E-state index in [9.17, 15) is 4.79 Å². The van der Waals surface area contributed by atoms with Gasteiger partial charge in [0.1, 0.15) is 6.10 Å². The molecule has 1 aliphatic heterocycles. The Kier molecular flexibility index (Phi) is 6.36. The van der Waals surface area contributed by atoms with Crippen molar-refractivity contribution in [3.8, 4) is 0 Å². The van der Waals surface area contributed by atoms with Gasteiger partial charge in [-0.05, 0) is 25.3 Å².